The maximum absolute atomic E-state index is 3.45. The second-order valence-electron chi connectivity index (χ2n) is 2.71. The first-order chi connectivity index (χ1) is 5.83. The van der Waals surface area contributed by atoms with E-state index in [9.17, 15) is 0 Å². The van der Waals surface area contributed by atoms with E-state index >= 15 is 0 Å². The highest BCUT2D eigenvalue weighted by atomic mass is 79.9. The molecule has 12 heavy (non-hydrogen) atoms. The molecule has 0 N–H and O–H groups in total. The summed E-state index contributed by atoms with van der Waals surface area (Å²) in [5.41, 5.74) is 1.36. The summed E-state index contributed by atoms with van der Waals surface area (Å²) in [6.45, 7) is 2.15. The van der Waals surface area contributed by atoms with Crippen LogP contribution in [0.25, 0.3) is 0 Å². The van der Waals surface area contributed by atoms with Crippen molar-refractivity contribution < 1.29 is 0 Å². The molecule has 64 valence electrons. The lowest BCUT2D eigenvalue weighted by molar-refractivity contribution is 1.18. The van der Waals surface area contributed by atoms with Crippen molar-refractivity contribution in [3.8, 4) is 0 Å². The van der Waals surface area contributed by atoms with Gasteiger partial charge >= 0.3 is 0 Å². The molecule has 1 rings (SSSR count). The molecule has 0 unspecified atom stereocenters. The van der Waals surface area contributed by atoms with Gasteiger partial charge in [-0.3, -0.25) is 0 Å². The Balaban J connectivity index is 2.57. The van der Waals surface area contributed by atoms with E-state index in [0.717, 1.165) is 17.3 Å². The van der Waals surface area contributed by atoms with Crippen LogP contribution in [0.5, 0.6) is 0 Å². The molecule has 0 saturated carbocycles. The van der Waals surface area contributed by atoms with Gasteiger partial charge in [-0.2, -0.15) is 0 Å². The molecule has 0 aromatic heterocycles. The third kappa shape index (κ3) is 3.22. The van der Waals surface area contributed by atoms with Crippen molar-refractivity contribution >= 4 is 15.9 Å². The van der Waals surface area contributed by atoms with Gasteiger partial charge in [-0.1, -0.05) is 47.1 Å². The van der Waals surface area contributed by atoms with Gasteiger partial charge in [-0.05, 0) is 30.5 Å². The van der Waals surface area contributed by atoms with Crippen molar-refractivity contribution in [2.75, 3.05) is 0 Å². The molecule has 0 nitrogen and oxygen atoms in total. The Morgan fingerprint density at radius 3 is 2.83 bits per heavy atom. The fourth-order valence-electron chi connectivity index (χ4n) is 1.05. The molecule has 0 fully saturated rings. The van der Waals surface area contributed by atoms with E-state index in [1.54, 1.807) is 0 Å². The van der Waals surface area contributed by atoms with Crippen LogP contribution in [0.1, 0.15) is 18.9 Å². The van der Waals surface area contributed by atoms with Crippen LogP contribution in [0.3, 0.4) is 0 Å². The highest BCUT2D eigenvalue weighted by Crippen LogP contribution is 2.12. The van der Waals surface area contributed by atoms with Crippen LogP contribution in [-0.2, 0) is 6.42 Å². The van der Waals surface area contributed by atoms with Crippen molar-refractivity contribution in [2.45, 2.75) is 19.8 Å². The standard InChI is InChI=1S/C11H13Br/c1-2-3-4-6-10-7-5-8-11(12)9-10/h3-5,7-9H,2,6H2,1H3/b4-3-. The van der Waals surface area contributed by atoms with E-state index in [1.165, 1.54) is 5.56 Å². The number of benzene rings is 1. The van der Waals surface area contributed by atoms with Gasteiger partial charge in [0.15, 0.2) is 0 Å². The maximum atomic E-state index is 3.45. The molecule has 0 radical (unpaired) electrons. The number of hydrogen-bond donors (Lipinski definition) is 0. The first-order valence-electron chi connectivity index (χ1n) is 4.22. The molecule has 0 aliphatic rings. The van der Waals surface area contributed by atoms with E-state index in [2.05, 4.69) is 53.2 Å². The Morgan fingerprint density at radius 2 is 2.17 bits per heavy atom. The molecule has 1 heteroatoms. The fraction of sp³-hybridized carbons (Fsp3) is 0.273. The predicted molar refractivity (Wildman–Crippen MR) is 57.3 cm³/mol. The molecule has 0 amide bonds. The summed E-state index contributed by atoms with van der Waals surface area (Å²) >= 11 is 3.45. The second kappa shape index (κ2) is 5.15. The smallest absolute Gasteiger partial charge is 0.0178 e. The Morgan fingerprint density at radius 1 is 1.33 bits per heavy atom. The number of halogens is 1. The van der Waals surface area contributed by atoms with Gasteiger partial charge in [0.1, 0.15) is 0 Å². The van der Waals surface area contributed by atoms with Gasteiger partial charge in [0, 0.05) is 4.47 Å². The number of rotatable bonds is 3. The van der Waals surface area contributed by atoms with Gasteiger partial charge in [0.2, 0.25) is 0 Å². The molecule has 1 aromatic carbocycles. The molecule has 0 atom stereocenters. The lowest BCUT2D eigenvalue weighted by Crippen LogP contribution is -1.79. The van der Waals surface area contributed by atoms with Crippen LogP contribution in [0.15, 0.2) is 40.9 Å². The highest BCUT2D eigenvalue weighted by molar-refractivity contribution is 9.10. The minimum Gasteiger partial charge on any atom is -0.0885 e. The van der Waals surface area contributed by atoms with Crippen molar-refractivity contribution in [3.63, 3.8) is 0 Å². The van der Waals surface area contributed by atoms with Crippen molar-refractivity contribution in [1.29, 1.82) is 0 Å². The summed E-state index contributed by atoms with van der Waals surface area (Å²) in [6, 6.07) is 8.41. The number of allylic oxidation sites excluding steroid dienone is 2. The summed E-state index contributed by atoms with van der Waals surface area (Å²) in [4.78, 5) is 0. The van der Waals surface area contributed by atoms with Crippen molar-refractivity contribution in [2.24, 2.45) is 0 Å². The first-order valence-corrected chi connectivity index (χ1v) is 5.01. The zero-order valence-electron chi connectivity index (χ0n) is 7.26. The maximum Gasteiger partial charge on any atom is 0.0178 e. The zero-order chi connectivity index (χ0) is 8.81. The molecule has 0 spiro atoms. The lowest BCUT2D eigenvalue weighted by Gasteiger charge is -1.96. The quantitative estimate of drug-likeness (QED) is 0.683. The van der Waals surface area contributed by atoms with E-state index in [-0.39, 0.29) is 0 Å². The van der Waals surface area contributed by atoms with Crippen molar-refractivity contribution in [3.05, 3.63) is 46.5 Å². The van der Waals surface area contributed by atoms with Crippen LogP contribution in [0.4, 0.5) is 0 Å². The normalized spacial score (nSPS) is 10.8. The summed E-state index contributed by atoms with van der Waals surface area (Å²) in [6.07, 6.45) is 6.56. The zero-order valence-corrected chi connectivity index (χ0v) is 8.84. The van der Waals surface area contributed by atoms with Crippen LogP contribution in [-0.4, -0.2) is 0 Å². The average Bonchev–Trinajstić information content (AvgIpc) is 2.05. The lowest BCUT2D eigenvalue weighted by atomic mass is 10.1. The topological polar surface area (TPSA) is 0 Å². The van der Waals surface area contributed by atoms with Crippen LogP contribution >= 0.6 is 15.9 Å². The molecule has 1 aromatic rings. The highest BCUT2D eigenvalue weighted by Gasteiger charge is 1.89. The largest absolute Gasteiger partial charge is 0.0885 e. The van der Waals surface area contributed by atoms with E-state index < -0.39 is 0 Å². The average molecular weight is 225 g/mol. The minimum atomic E-state index is 1.03. The third-order valence-electron chi connectivity index (χ3n) is 1.64. The van der Waals surface area contributed by atoms with Gasteiger partial charge in [-0.15, -0.1) is 0 Å². The van der Waals surface area contributed by atoms with Gasteiger partial charge in [0.25, 0.3) is 0 Å². The van der Waals surface area contributed by atoms with Crippen LogP contribution in [0, 0.1) is 0 Å². The first kappa shape index (κ1) is 9.53. The Bertz CT molecular complexity index is 263. The van der Waals surface area contributed by atoms with Crippen molar-refractivity contribution in [1.82, 2.24) is 0 Å². The summed E-state index contributed by atoms with van der Waals surface area (Å²) in [7, 11) is 0. The Hall–Kier alpha value is -0.560. The minimum absolute atomic E-state index is 1.03. The van der Waals surface area contributed by atoms with Gasteiger partial charge in [0.05, 0.1) is 0 Å². The number of hydrogen-bond acceptors (Lipinski definition) is 0. The Labute approximate surface area is 82.4 Å². The van der Waals surface area contributed by atoms with Gasteiger partial charge < -0.3 is 0 Å². The second-order valence-corrected chi connectivity index (χ2v) is 3.63. The van der Waals surface area contributed by atoms with Crippen LogP contribution in [0.2, 0.25) is 0 Å². The predicted octanol–water partition coefficient (Wildman–Crippen LogP) is 3.96. The molecule has 0 bridgehead atoms. The fourth-order valence-corrected chi connectivity index (χ4v) is 1.50. The van der Waals surface area contributed by atoms with Crippen LogP contribution < -0.4 is 0 Å². The monoisotopic (exact) mass is 224 g/mol. The van der Waals surface area contributed by atoms with E-state index in [0.29, 0.717) is 0 Å². The molecular weight excluding hydrogens is 212 g/mol. The SMILES string of the molecule is CC/C=C\Cc1cccc(Br)c1. The third-order valence-corrected chi connectivity index (χ3v) is 2.14. The summed E-state index contributed by atoms with van der Waals surface area (Å²) in [5, 5.41) is 0. The molecular formula is C11H13Br. The molecule has 0 aliphatic carbocycles. The molecule has 0 saturated heterocycles. The Kier molecular flexibility index (Phi) is 4.09. The van der Waals surface area contributed by atoms with E-state index in [1.807, 2.05) is 6.07 Å². The van der Waals surface area contributed by atoms with Gasteiger partial charge in [-0.25, -0.2) is 0 Å². The molecule has 0 heterocycles. The molecule has 0 aliphatic heterocycles. The summed E-state index contributed by atoms with van der Waals surface area (Å²) in [5.74, 6) is 0. The summed E-state index contributed by atoms with van der Waals surface area (Å²) < 4.78 is 1.16. The van der Waals surface area contributed by atoms with E-state index in [4.69, 9.17) is 0 Å².